The molecule has 1 heterocycles. The van der Waals surface area contributed by atoms with Gasteiger partial charge in [0.2, 0.25) is 0 Å². The van der Waals surface area contributed by atoms with Gasteiger partial charge >= 0.3 is 0 Å². The van der Waals surface area contributed by atoms with Crippen LogP contribution in [0.1, 0.15) is 32.1 Å². The third-order valence-electron chi connectivity index (χ3n) is 3.39. The van der Waals surface area contributed by atoms with Gasteiger partial charge in [0.25, 0.3) is 5.91 Å². The van der Waals surface area contributed by atoms with Crippen LogP contribution in [-0.4, -0.2) is 18.6 Å². The second kappa shape index (κ2) is 3.64. The van der Waals surface area contributed by atoms with Crippen LogP contribution >= 0.6 is 0 Å². The Morgan fingerprint density at radius 3 is 2.46 bits per heavy atom. The molecule has 2 nitrogen and oxygen atoms in total. The van der Waals surface area contributed by atoms with Crippen molar-refractivity contribution in [2.75, 3.05) is 6.54 Å². The molecule has 1 saturated heterocycles. The van der Waals surface area contributed by atoms with Crippen LogP contribution in [0.4, 0.5) is 4.39 Å². The molecule has 0 spiro atoms. The number of halogens is 1. The summed E-state index contributed by atoms with van der Waals surface area (Å²) in [6.07, 6.45) is 4.69. The maximum Gasteiger partial charge on any atom is 0.254 e. The first kappa shape index (κ1) is 8.97. The van der Waals surface area contributed by atoms with Crippen LogP contribution in [0, 0.1) is 11.8 Å². The Kier molecular flexibility index (Phi) is 2.51. The fraction of sp³-hybridized carbons (Fsp3) is 0.900. The molecule has 0 bridgehead atoms. The summed E-state index contributed by atoms with van der Waals surface area (Å²) in [4.78, 5) is 10.9. The summed E-state index contributed by atoms with van der Waals surface area (Å²) in [6.45, 7) is 0.560. The van der Waals surface area contributed by atoms with E-state index in [9.17, 15) is 9.18 Å². The van der Waals surface area contributed by atoms with Crippen LogP contribution in [0.15, 0.2) is 0 Å². The molecule has 1 amide bonds. The molecular weight excluding hydrogens is 169 g/mol. The van der Waals surface area contributed by atoms with E-state index in [1.165, 1.54) is 19.3 Å². The van der Waals surface area contributed by atoms with Gasteiger partial charge in [-0.05, 0) is 18.8 Å². The minimum Gasteiger partial charge on any atom is -0.353 e. The lowest BCUT2D eigenvalue weighted by molar-refractivity contribution is -0.124. The molecule has 13 heavy (non-hydrogen) atoms. The maximum atomic E-state index is 13.4. The van der Waals surface area contributed by atoms with Crippen molar-refractivity contribution in [2.45, 2.75) is 38.3 Å². The Labute approximate surface area is 77.9 Å². The highest BCUT2D eigenvalue weighted by Gasteiger charge is 2.39. The summed E-state index contributed by atoms with van der Waals surface area (Å²) >= 11 is 0. The van der Waals surface area contributed by atoms with Crippen molar-refractivity contribution >= 4 is 5.91 Å². The number of carbonyl (C=O) groups is 1. The third kappa shape index (κ3) is 1.69. The third-order valence-corrected chi connectivity index (χ3v) is 3.39. The van der Waals surface area contributed by atoms with Crippen LogP contribution < -0.4 is 5.32 Å². The Morgan fingerprint density at radius 2 is 1.92 bits per heavy atom. The predicted molar refractivity (Wildman–Crippen MR) is 48.0 cm³/mol. The van der Waals surface area contributed by atoms with Gasteiger partial charge in [-0.3, -0.25) is 4.79 Å². The highest BCUT2D eigenvalue weighted by Crippen LogP contribution is 2.34. The number of alkyl halides is 1. The van der Waals surface area contributed by atoms with Gasteiger partial charge in [0.05, 0.1) is 0 Å². The van der Waals surface area contributed by atoms with Gasteiger partial charge in [0.1, 0.15) is 0 Å². The summed E-state index contributed by atoms with van der Waals surface area (Å²) in [5.41, 5.74) is 0. The Morgan fingerprint density at radius 1 is 1.23 bits per heavy atom. The summed E-state index contributed by atoms with van der Waals surface area (Å²) in [5, 5.41) is 2.60. The summed E-state index contributed by atoms with van der Waals surface area (Å²) in [7, 11) is 0. The zero-order chi connectivity index (χ0) is 9.26. The zero-order valence-electron chi connectivity index (χ0n) is 7.76. The van der Waals surface area contributed by atoms with Gasteiger partial charge in [0.15, 0.2) is 6.17 Å². The molecular formula is C10H16FNO. The van der Waals surface area contributed by atoms with E-state index >= 15 is 0 Å². The van der Waals surface area contributed by atoms with Crippen molar-refractivity contribution < 1.29 is 9.18 Å². The summed E-state index contributed by atoms with van der Waals surface area (Å²) < 4.78 is 13.4. The van der Waals surface area contributed by atoms with E-state index in [1.54, 1.807) is 0 Å². The molecule has 1 aliphatic carbocycles. The molecule has 1 aliphatic heterocycles. The van der Waals surface area contributed by atoms with Crippen molar-refractivity contribution in [1.29, 1.82) is 0 Å². The Hall–Kier alpha value is -0.600. The Balaban J connectivity index is 1.95. The van der Waals surface area contributed by atoms with Crippen LogP contribution in [0.25, 0.3) is 0 Å². The van der Waals surface area contributed by atoms with E-state index in [0.29, 0.717) is 12.5 Å². The molecule has 0 radical (unpaired) electrons. The molecule has 74 valence electrons. The molecule has 3 heteroatoms. The molecule has 0 aromatic carbocycles. The summed E-state index contributed by atoms with van der Waals surface area (Å²) in [6, 6.07) is 0. The van der Waals surface area contributed by atoms with Gasteiger partial charge < -0.3 is 5.32 Å². The van der Waals surface area contributed by atoms with Crippen molar-refractivity contribution in [2.24, 2.45) is 11.8 Å². The fourth-order valence-corrected chi connectivity index (χ4v) is 2.58. The number of nitrogens with one attached hydrogen (secondary N) is 1. The average molecular weight is 185 g/mol. The highest BCUT2D eigenvalue weighted by atomic mass is 19.1. The van der Waals surface area contributed by atoms with Gasteiger partial charge in [-0.25, -0.2) is 4.39 Å². The monoisotopic (exact) mass is 185 g/mol. The average Bonchev–Trinajstić information content (AvgIpc) is 2.49. The number of hydrogen-bond donors (Lipinski definition) is 1. The number of hydrogen-bond acceptors (Lipinski definition) is 1. The second-order valence-electron chi connectivity index (χ2n) is 4.21. The lowest BCUT2D eigenvalue weighted by Crippen LogP contribution is -2.26. The van der Waals surface area contributed by atoms with E-state index in [1.807, 2.05) is 0 Å². The minimum atomic E-state index is -1.23. The maximum absolute atomic E-state index is 13.4. The lowest BCUT2D eigenvalue weighted by atomic mass is 9.79. The largest absolute Gasteiger partial charge is 0.353 e. The van der Waals surface area contributed by atoms with Crippen LogP contribution in [-0.2, 0) is 4.79 Å². The highest BCUT2D eigenvalue weighted by molar-refractivity contribution is 5.83. The van der Waals surface area contributed by atoms with E-state index in [-0.39, 0.29) is 5.92 Å². The van der Waals surface area contributed by atoms with E-state index < -0.39 is 12.1 Å². The molecule has 0 aromatic rings. The molecule has 1 saturated carbocycles. The van der Waals surface area contributed by atoms with Crippen LogP contribution in [0.5, 0.6) is 0 Å². The minimum absolute atomic E-state index is 0.0344. The normalized spacial score (nSPS) is 36.2. The number of rotatable bonds is 1. The van der Waals surface area contributed by atoms with Crippen molar-refractivity contribution in [3.8, 4) is 0 Å². The van der Waals surface area contributed by atoms with Crippen LogP contribution in [0.2, 0.25) is 0 Å². The molecule has 1 N–H and O–H groups in total. The van der Waals surface area contributed by atoms with Gasteiger partial charge in [0, 0.05) is 12.5 Å². The molecule has 2 aliphatic rings. The molecule has 2 fully saturated rings. The van der Waals surface area contributed by atoms with E-state index in [2.05, 4.69) is 5.32 Å². The van der Waals surface area contributed by atoms with Gasteiger partial charge in [-0.15, -0.1) is 0 Å². The molecule has 2 rings (SSSR count). The van der Waals surface area contributed by atoms with Crippen molar-refractivity contribution in [3.05, 3.63) is 0 Å². The first-order valence-electron chi connectivity index (χ1n) is 5.21. The molecule has 0 unspecified atom stereocenters. The van der Waals surface area contributed by atoms with Gasteiger partial charge in [-0.1, -0.05) is 19.3 Å². The number of carbonyl (C=O) groups excluding carboxylic acids is 1. The standard InChI is InChI=1S/C10H16FNO/c11-9-8(6-12-10(9)13)7-4-2-1-3-5-7/h7-9H,1-6H2,(H,12,13)/t8-,9+/m0/s1. The van der Waals surface area contributed by atoms with E-state index in [0.717, 1.165) is 12.8 Å². The smallest absolute Gasteiger partial charge is 0.254 e. The van der Waals surface area contributed by atoms with Gasteiger partial charge in [-0.2, -0.15) is 0 Å². The van der Waals surface area contributed by atoms with Crippen molar-refractivity contribution in [1.82, 2.24) is 5.32 Å². The summed E-state index contributed by atoms with van der Waals surface area (Å²) in [5.74, 6) is 0.0195. The second-order valence-corrected chi connectivity index (χ2v) is 4.21. The fourth-order valence-electron chi connectivity index (χ4n) is 2.58. The van der Waals surface area contributed by atoms with Crippen LogP contribution in [0.3, 0.4) is 0 Å². The predicted octanol–water partition coefficient (Wildman–Crippen LogP) is 1.65. The lowest BCUT2D eigenvalue weighted by Gasteiger charge is -2.27. The quantitative estimate of drug-likeness (QED) is 0.661. The Bertz CT molecular complexity index is 201. The SMILES string of the molecule is O=C1NC[C@@H](C2CCCCC2)[C@H]1F. The first-order valence-corrected chi connectivity index (χ1v) is 5.21. The first-order chi connectivity index (χ1) is 6.29. The van der Waals surface area contributed by atoms with E-state index in [4.69, 9.17) is 0 Å². The zero-order valence-corrected chi connectivity index (χ0v) is 7.76. The molecule has 0 aromatic heterocycles. The number of amides is 1. The van der Waals surface area contributed by atoms with Crippen molar-refractivity contribution in [3.63, 3.8) is 0 Å². The molecule has 2 atom stereocenters. The topological polar surface area (TPSA) is 29.1 Å².